The number of rotatable bonds is 4. The average molecular weight is 490 g/mol. The number of carbonyl (C=O) groups excluding carboxylic acids is 1. The van der Waals surface area contributed by atoms with E-state index in [-0.39, 0.29) is 23.6 Å². The Balaban J connectivity index is 1.61. The Bertz CT molecular complexity index is 1380. The standard InChI is InChI=1S/C29H28ClNO4/c1-17-6-5-7-19(25(17)26(32)33)16-31-23-10-9-21(30)15-22(23)29(4,27(31)34)20-8-11-24-18(14-20)12-13-28(2,3)35-24/h5-11,14-15H,12-13,16H2,1-4H3,(H,32,33)/t29-/m0/s1. The van der Waals surface area contributed by atoms with Crippen LogP contribution in [0.2, 0.25) is 5.02 Å². The number of amides is 1. The van der Waals surface area contributed by atoms with Crippen molar-refractivity contribution >= 4 is 29.2 Å². The van der Waals surface area contributed by atoms with Gasteiger partial charge >= 0.3 is 5.97 Å². The van der Waals surface area contributed by atoms with E-state index in [1.165, 1.54) is 0 Å². The summed E-state index contributed by atoms with van der Waals surface area (Å²) in [5.74, 6) is -0.251. The number of carboxylic acid groups (broad SMARTS) is 1. The molecule has 3 aromatic rings. The van der Waals surface area contributed by atoms with E-state index >= 15 is 0 Å². The Morgan fingerprint density at radius 3 is 2.63 bits per heavy atom. The average Bonchev–Trinajstić information content (AvgIpc) is 3.00. The highest BCUT2D eigenvalue weighted by atomic mass is 35.5. The fraction of sp³-hybridized carbons (Fsp3) is 0.310. The summed E-state index contributed by atoms with van der Waals surface area (Å²) in [5, 5.41) is 10.4. The van der Waals surface area contributed by atoms with Crippen LogP contribution in [0, 0.1) is 6.92 Å². The Morgan fingerprint density at radius 1 is 1.11 bits per heavy atom. The van der Waals surface area contributed by atoms with Crippen molar-refractivity contribution in [3.63, 3.8) is 0 Å². The summed E-state index contributed by atoms with van der Waals surface area (Å²) in [7, 11) is 0. The normalized spacial score (nSPS) is 20.3. The fourth-order valence-corrected chi connectivity index (χ4v) is 5.55. The van der Waals surface area contributed by atoms with Crippen molar-refractivity contribution in [1.29, 1.82) is 0 Å². The molecule has 180 valence electrons. The molecule has 0 saturated carbocycles. The Morgan fingerprint density at radius 2 is 1.89 bits per heavy atom. The summed E-state index contributed by atoms with van der Waals surface area (Å²) in [4.78, 5) is 27.8. The number of aryl methyl sites for hydroxylation is 2. The van der Waals surface area contributed by atoms with E-state index in [1.807, 2.05) is 37.3 Å². The molecule has 1 N–H and O–H groups in total. The molecule has 2 aliphatic heterocycles. The topological polar surface area (TPSA) is 66.8 Å². The first-order valence-electron chi connectivity index (χ1n) is 11.8. The minimum Gasteiger partial charge on any atom is -0.488 e. The molecule has 5 rings (SSSR count). The molecule has 0 bridgehead atoms. The van der Waals surface area contributed by atoms with Gasteiger partial charge in [-0.15, -0.1) is 0 Å². The molecule has 0 aliphatic carbocycles. The zero-order valence-electron chi connectivity index (χ0n) is 20.3. The van der Waals surface area contributed by atoms with Crippen molar-refractivity contribution in [2.45, 2.75) is 58.1 Å². The van der Waals surface area contributed by atoms with Crippen molar-refractivity contribution in [1.82, 2.24) is 0 Å². The molecule has 0 saturated heterocycles. The smallest absolute Gasteiger partial charge is 0.336 e. The van der Waals surface area contributed by atoms with Gasteiger partial charge < -0.3 is 14.7 Å². The molecule has 2 aliphatic rings. The quantitative estimate of drug-likeness (QED) is 0.466. The lowest BCUT2D eigenvalue weighted by Gasteiger charge is -2.34. The molecule has 0 spiro atoms. The fourth-order valence-electron chi connectivity index (χ4n) is 5.38. The van der Waals surface area contributed by atoms with E-state index in [1.54, 1.807) is 30.0 Å². The number of benzene rings is 3. The van der Waals surface area contributed by atoms with Gasteiger partial charge in [0.2, 0.25) is 5.91 Å². The number of halogens is 1. The number of aromatic carboxylic acids is 1. The number of nitrogens with zero attached hydrogens (tertiary/aromatic N) is 1. The van der Waals surface area contributed by atoms with E-state index in [0.717, 1.165) is 41.0 Å². The van der Waals surface area contributed by atoms with Gasteiger partial charge in [-0.1, -0.05) is 41.9 Å². The van der Waals surface area contributed by atoms with Gasteiger partial charge in [0.15, 0.2) is 0 Å². The third-order valence-corrected chi connectivity index (χ3v) is 7.62. The zero-order chi connectivity index (χ0) is 25.1. The highest BCUT2D eigenvalue weighted by Crippen LogP contribution is 2.49. The van der Waals surface area contributed by atoms with Crippen LogP contribution in [0.1, 0.15) is 65.4 Å². The molecule has 35 heavy (non-hydrogen) atoms. The molecule has 5 nitrogen and oxygen atoms in total. The first-order valence-corrected chi connectivity index (χ1v) is 12.2. The van der Waals surface area contributed by atoms with E-state index < -0.39 is 11.4 Å². The summed E-state index contributed by atoms with van der Waals surface area (Å²) in [6.07, 6.45) is 1.77. The van der Waals surface area contributed by atoms with Gasteiger partial charge in [0.1, 0.15) is 11.4 Å². The molecule has 2 heterocycles. The second kappa shape index (κ2) is 8.13. The number of anilines is 1. The van der Waals surface area contributed by atoms with Gasteiger partial charge in [0.25, 0.3) is 0 Å². The van der Waals surface area contributed by atoms with Crippen LogP contribution >= 0.6 is 11.6 Å². The minimum absolute atomic E-state index is 0.107. The second-order valence-corrected chi connectivity index (χ2v) is 10.7. The molecule has 0 aromatic heterocycles. The Kier molecular flexibility index (Phi) is 5.44. The number of carboxylic acids is 1. The highest BCUT2D eigenvalue weighted by molar-refractivity contribution is 6.31. The van der Waals surface area contributed by atoms with Gasteiger partial charge in [0, 0.05) is 10.7 Å². The predicted octanol–water partition coefficient (Wildman–Crippen LogP) is 6.30. The molecule has 0 unspecified atom stereocenters. The first kappa shape index (κ1) is 23.4. The minimum atomic E-state index is -0.999. The molecular weight excluding hydrogens is 462 g/mol. The third kappa shape index (κ3) is 3.79. The van der Waals surface area contributed by atoms with E-state index in [9.17, 15) is 14.7 Å². The van der Waals surface area contributed by atoms with E-state index in [0.29, 0.717) is 16.1 Å². The van der Waals surface area contributed by atoms with Crippen LogP contribution in [0.5, 0.6) is 5.75 Å². The molecule has 0 fully saturated rings. The number of carbonyl (C=O) groups is 2. The SMILES string of the molecule is Cc1cccc(CN2C(=O)[C@@](C)(c3ccc4c(c3)CCC(C)(C)O4)c3cc(Cl)ccc32)c1C(=O)O. The van der Waals surface area contributed by atoms with E-state index in [2.05, 4.69) is 19.9 Å². The second-order valence-electron chi connectivity index (χ2n) is 10.3. The molecule has 1 atom stereocenters. The van der Waals surface area contributed by atoms with Crippen molar-refractivity contribution in [3.05, 3.63) is 93.0 Å². The lowest BCUT2D eigenvalue weighted by Crippen LogP contribution is -2.39. The van der Waals surface area contributed by atoms with Crippen LogP contribution in [0.4, 0.5) is 5.69 Å². The Labute approximate surface area is 210 Å². The van der Waals surface area contributed by atoms with Gasteiger partial charge in [-0.25, -0.2) is 4.79 Å². The third-order valence-electron chi connectivity index (χ3n) is 7.38. The summed E-state index contributed by atoms with van der Waals surface area (Å²) < 4.78 is 6.16. The summed E-state index contributed by atoms with van der Waals surface area (Å²) in [6.45, 7) is 8.02. The van der Waals surface area contributed by atoms with Crippen LogP contribution in [0.25, 0.3) is 0 Å². The number of fused-ring (bicyclic) bond motifs is 2. The number of hydrogen-bond acceptors (Lipinski definition) is 3. The van der Waals surface area contributed by atoms with Gasteiger partial charge in [-0.05, 0) is 92.6 Å². The zero-order valence-corrected chi connectivity index (χ0v) is 21.1. The van der Waals surface area contributed by atoms with Crippen molar-refractivity contribution < 1.29 is 19.4 Å². The number of hydrogen-bond donors (Lipinski definition) is 1. The number of ether oxygens (including phenoxy) is 1. The van der Waals surface area contributed by atoms with Crippen molar-refractivity contribution in [2.24, 2.45) is 0 Å². The van der Waals surface area contributed by atoms with Crippen LogP contribution < -0.4 is 9.64 Å². The van der Waals surface area contributed by atoms with Gasteiger partial charge in [-0.3, -0.25) is 4.79 Å². The lowest BCUT2D eigenvalue weighted by molar-refractivity contribution is -0.121. The lowest BCUT2D eigenvalue weighted by atomic mass is 9.76. The molecule has 6 heteroatoms. The van der Waals surface area contributed by atoms with Gasteiger partial charge in [-0.2, -0.15) is 0 Å². The highest BCUT2D eigenvalue weighted by Gasteiger charge is 2.49. The Hall–Kier alpha value is -3.31. The summed E-state index contributed by atoms with van der Waals surface area (Å²) in [5.41, 5.74) is 3.84. The maximum Gasteiger partial charge on any atom is 0.336 e. The molecule has 0 radical (unpaired) electrons. The summed E-state index contributed by atoms with van der Waals surface area (Å²) in [6, 6.07) is 16.8. The van der Waals surface area contributed by atoms with Gasteiger partial charge in [0.05, 0.1) is 17.5 Å². The van der Waals surface area contributed by atoms with Crippen LogP contribution in [0.15, 0.2) is 54.6 Å². The van der Waals surface area contributed by atoms with E-state index in [4.69, 9.17) is 16.3 Å². The predicted molar refractivity (Wildman–Crippen MR) is 137 cm³/mol. The van der Waals surface area contributed by atoms with Crippen molar-refractivity contribution in [2.75, 3.05) is 4.90 Å². The first-order chi connectivity index (χ1) is 16.5. The van der Waals surface area contributed by atoms with Crippen LogP contribution in [0.3, 0.4) is 0 Å². The van der Waals surface area contributed by atoms with Crippen LogP contribution in [-0.4, -0.2) is 22.6 Å². The molecule has 3 aromatic carbocycles. The molecular formula is C29H28ClNO4. The maximum atomic E-state index is 14.1. The molecule has 1 amide bonds. The maximum absolute atomic E-state index is 14.1. The van der Waals surface area contributed by atoms with Crippen molar-refractivity contribution in [3.8, 4) is 5.75 Å². The van der Waals surface area contributed by atoms with Crippen LogP contribution in [-0.2, 0) is 23.2 Å². The monoisotopic (exact) mass is 489 g/mol. The summed E-state index contributed by atoms with van der Waals surface area (Å²) >= 11 is 6.40. The largest absolute Gasteiger partial charge is 0.488 e.